The minimum atomic E-state index is -0.333. The van der Waals surface area contributed by atoms with Crippen LogP contribution in [0.4, 0.5) is 0 Å². The molecule has 0 radical (unpaired) electrons. The first-order chi connectivity index (χ1) is 8.70. The van der Waals surface area contributed by atoms with E-state index in [4.69, 9.17) is 0 Å². The van der Waals surface area contributed by atoms with E-state index in [0.29, 0.717) is 11.6 Å². The van der Waals surface area contributed by atoms with Gasteiger partial charge < -0.3 is 4.74 Å². The molecule has 0 aromatic carbocycles. The standard InChI is InChI=1S/C14H20N2O2/c1-11-5-3-4-8-16(11)10-13-7-6-12(9-15-13)14(17)18-2/h6-7,9,11H,3-5,8,10H2,1-2H3. The normalized spacial score (nSPS) is 20.7. The second-order valence-corrected chi connectivity index (χ2v) is 4.85. The Labute approximate surface area is 108 Å². The third kappa shape index (κ3) is 3.07. The van der Waals surface area contributed by atoms with Gasteiger partial charge >= 0.3 is 5.97 Å². The van der Waals surface area contributed by atoms with Gasteiger partial charge in [0.15, 0.2) is 0 Å². The van der Waals surface area contributed by atoms with Crippen molar-refractivity contribution in [3.8, 4) is 0 Å². The highest BCUT2D eigenvalue weighted by Gasteiger charge is 2.18. The molecule has 0 aliphatic carbocycles. The minimum Gasteiger partial charge on any atom is -0.465 e. The number of ether oxygens (including phenoxy) is 1. The number of hydrogen-bond acceptors (Lipinski definition) is 4. The fourth-order valence-corrected chi connectivity index (χ4v) is 2.36. The molecule has 1 atom stereocenters. The first-order valence-electron chi connectivity index (χ1n) is 6.48. The molecule has 1 unspecified atom stereocenters. The van der Waals surface area contributed by atoms with Crippen LogP contribution in [0.3, 0.4) is 0 Å². The zero-order valence-electron chi connectivity index (χ0n) is 11.1. The molecule has 0 saturated carbocycles. The van der Waals surface area contributed by atoms with E-state index in [-0.39, 0.29) is 5.97 Å². The fourth-order valence-electron chi connectivity index (χ4n) is 2.36. The van der Waals surface area contributed by atoms with Gasteiger partial charge in [-0.15, -0.1) is 0 Å². The molecule has 1 saturated heterocycles. The van der Waals surface area contributed by atoms with Gasteiger partial charge in [-0.2, -0.15) is 0 Å². The third-order valence-corrected chi connectivity index (χ3v) is 3.55. The molecule has 2 rings (SSSR count). The number of esters is 1. The molecule has 1 aliphatic rings. The largest absolute Gasteiger partial charge is 0.465 e. The van der Waals surface area contributed by atoms with Crippen LogP contribution >= 0.6 is 0 Å². The highest BCUT2D eigenvalue weighted by molar-refractivity contribution is 5.88. The van der Waals surface area contributed by atoms with Gasteiger partial charge in [-0.05, 0) is 38.4 Å². The van der Waals surface area contributed by atoms with Gasteiger partial charge in [-0.1, -0.05) is 6.42 Å². The predicted octanol–water partition coefficient (Wildman–Crippen LogP) is 2.24. The number of aromatic nitrogens is 1. The number of hydrogen-bond donors (Lipinski definition) is 0. The Morgan fingerprint density at radius 3 is 2.94 bits per heavy atom. The molecule has 4 heteroatoms. The lowest BCUT2D eigenvalue weighted by Crippen LogP contribution is -2.36. The van der Waals surface area contributed by atoms with E-state index in [9.17, 15) is 4.79 Å². The summed E-state index contributed by atoms with van der Waals surface area (Å²) in [4.78, 5) is 18.1. The molecule has 1 aliphatic heterocycles. The van der Waals surface area contributed by atoms with Crippen molar-refractivity contribution in [3.63, 3.8) is 0 Å². The summed E-state index contributed by atoms with van der Waals surface area (Å²) in [6.45, 7) is 4.27. The highest BCUT2D eigenvalue weighted by Crippen LogP contribution is 2.18. The average Bonchev–Trinajstić information content (AvgIpc) is 2.41. The molecule has 0 bridgehead atoms. The summed E-state index contributed by atoms with van der Waals surface area (Å²) in [6.07, 6.45) is 5.45. The van der Waals surface area contributed by atoms with E-state index in [0.717, 1.165) is 18.8 Å². The van der Waals surface area contributed by atoms with Crippen LogP contribution in [0.1, 0.15) is 42.2 Å². The van der Waals surface area contributed by atoms with Crippen molar-refractivity contribution in [2.45, 2.75) is 38.8 Å². The molecule has 1 aromatic heterocycles. The van der Waals surface area contributed by atoms with Gasteiger partial charge in [0.25, 0.3) is 0 Å². The Morgan fingerprint density at radius 1 is 1.50 bits per heavy atom. The van der Waals surface area contributed by atoms with Gasteiger partial charge in [0.1, 0.15) is 0 Å². The molecule has 0 spiro atoms. The molecule has 2 heterocycles. The Hall–Kier alpha value is -1.42. The molecule has 0 N–H and O–H groups in total. The summed E-state index contributed by atoms with van der Waals surface area (Å²) in [7, 11) is 1.38. The number of carbonyl (C=O) groups excluding carboxylic acids is 1. The third-order valence-electron chi connectivity index (χ3n) is 3.55. The van der Waals surface area contributed by atoms with Crippen LogP contribution in [0, 0.1) is 0 Å². The number of likely N-dealkylation sites (tertiary alicyclic amines) is 1. The quantitative estimate of drug-likeness (QED) is 0.769. The van der Waals surface area contributed by atoms with Crippen LogP contribution in [0.25, 0.3) is 0 Å². The number of nitrogens with zero attached hydrogens (tertiary/aromatic N) is 2. The molecule has 18 heavy (non-hydrogen) atoms. The Balaban J connectivity index is 1.99. The topological polar surface area (TPSA) is 42.4 Å². The smallest absolute Gasteiger partial charge is 0.339 e. The lowest BCUT2D eigenvalue weighted by Gasteiger charge is -2.32. The maximum atomic E-state index is 11.3. The van der Waals surface area contributed by atoms with E-state index in [1.807, 2.05) is 6.07 Å². The summed E-state index contributed by atoms with van der Waals surface area (Å²) in [5.41, 5.74) is 1.52. The number of piperidine rings is 1. The van der Waals surface area contributed by atoms with Crippen molar-refractivity contribution in [3.05, 3.63) is 29.6 Å². The molecule has 1 aromatic rings. The maximum Gasteiger partial charge on any atom is 0.339 e. The maximum absolute atomic E-state index is 11.3. The molecular weight excluding hydrogens is 228 g/mol. The number of pyridine rings is 1. The first kappa shape index (κ1) is 13.0. The lowest BCUT2D eigenvalue weighted by molar-refractivity contribution is 0.0600. The Bertz CT molecular complexity index is 403. The summed E-state index contributed by atoms with van der Waals surface area (Å²) < 4.78 is 4.65. The van der Waals surface area contributed by atoms with Gasteiger partial charge in [-0.3, -0.25) is 9.88 Å². The van der Waals surface area contributed by atoms with Gasteiger partial charge in [0.2, 0.25) is 0 Å². The molecule has 98 valence electrons. The molecule has 1 fully saturated rings. The van der Waals surface area contributed by atoms with Gasteiger partial charge in [-0.25, -0.2) is 4.79 Å². The second kappa shape index (κ2) is 5.96. The molecular formula is C14H20N2O2. The van der Waals surface area contributed by atoms with Crippen LogP contribution in [-0.4, -0.2) is 35.5 Å². The first-order valence-corrected chi connectivity index (χ1v) is 6.48. The summed E-state index contributed by atoms with van der Waals surface area (Å²) >= 11 is 0. The fraction of sp³-hybridized carbons (Fsp3) is 0.571. The zero-order valence-corrected chi connectivity index (χ0v) is 11.1. The highest BCUT2D eigenvalue weighted by atomic mass is 16.5. The van der Waals surface area contributed by atoms with E-state index >= 15 is 0 Å². The van der Waals surface area contributed by atoms with Crippen LogP contribution in [0.15, 0.2) is 18.3 Å². The molecule has 0 amide bonds. The minimum absolute atomic E-state index is 0.333. The Kier molecular flexibility index (Phi) is 4.31. The number of rotatable bonds is 3. The number of methoxy groups -OCH3 is 1. The SMILES string of the molecule is COC(=O)c1ccc(CN2CCCCC2C)nc1. The van der Waals surface area contributed by atoms with Crippen molar-refractivity contribution in [2.75, 3.05) is 13.7 Å². The van der Waals surface area contributed by atoms with Crippen molar-refractivity contribution in [2.24, 2.45) is 0 Å². The number of carbonyl (C=O) groups is 1. The van der Waals surface area contributed by atoms with E-state index in [1.165, 1.54) is 26.4 Å². The van der Waals surface area contributed by atoms with Crippen LogP contribution in [0.5, 0.6) is 0 Å². The van der Waals surface area contributed by atoms with Crippen molar-refractivity contribution >= 4 is 5.97 Å². The summed E-state index contributed by atoms with van der Waals surface area (Å²) in [5, 5.41) is 0. The predicted molar refractivity (Wildman–Crippen MR) is 69.3 cm³/mol. The molecule has 4 nitrogen and oxygen atoms in total. The Morgan fingerprint density at radius 2 is 2.33 bits per heavy atom. The zero-order chi connectivity index (χ0) is 13.0. The summed E-state index contributed by atoms with van der Waals surface area (Å²) in [6, 6.07) is 4.32. The van der Waals surface area contributed by atoms with Crippen molar-refractivity contribution < 1.29 is 9.53 Å². The van der Waals surface area contributed by atoms with Crippen LogP contribution < -0.4 is 0 Å². The summed E-state index contributed by atoms with van der Waals surface area (Å²) in [5.74, 6) is -0.333. The van der Waals surface area contributed by atoms with E-state index in [2.05, 4.69) is 21.5 Å². The van der Waals surface area contributed by atoms with Crippen LogP contribution in [-0.2, 0) is 11.3 Å². The van der Waals surface area contributed by atoms with Gasteiger partial charge in [0, 0.05) is 18.8 Å². The van der Waals surface area contributed by atoms with Crippen LogP contribution in [0.2, 0.25) is 0 Å². The van der Waals surface area contributed by atoms with E-state index in [1.54, 1.807) is 12.3 Å². The monoisotopic (exact) mass is 248 g/mol. The van der Waals surface area contributed by atoms with Crippen molar-refractivity contribution in [1.82, 2.24) is 9.88 Å². The second-order valence-electron chi connectivity index (χ2n) is 4.85. The average molecular weight is 248 g/mol. The lowest BCUT2D eigenvalue weighted by atomic mass is 10.0. The van der Waals surface area contributed by atoms with Crippen molar-refractivity contribution in [1.29, 1.82) is 0 Å². The van der Waals surface area contributed by atoms with Gasteiger partial charge in [0.05, 0.1) is 18.4 Å². The van der Waals surface area contributed by atoms with E-state index < -0.39 is 0 Å².